The average molecular weight is 394 g/mol. The van der Waals surface area contributed by atoms with Gasteiger partial charge in [0.15, 0.2) is 0 Å². The maximum absolute atomic E-state index is 12.6. The first-order valence-corrected chi connectivity index (χ1v) is 9.98. The molecule has 0 bridgehead atoms. The monoisotopic (exact) mass is 393 g/mol. The van der Waals surface area contributed by atoms with Crippen LogP contribution in [0.1, 0.15) is 13.3 Å². The van der Waals surface area contributed by atoms with Crippen molar-refractivity contribution in [2.45, 2.75) is 18.2 Å². The second-order valence-electron chi connectivity index (χ2n) is 5.61. The zero-order valence-corrected chi connectivity index (χ0v) is 15.8. The fourth-order valence-electron chi connectivity index (χ4n) is 2.44. The van der Waals surface area contributed by atoms with Crippen LogP contribution in [-0.4, -0.2) is 62.8 Å². The molecule has 1 saturated heterocycles. The normalized spacial score (nSPS) is 17.0. The van der Waals surface area contributed by atoms with Crippen LogP contribution in [0.4, 0.5) is 0 Å². The van der Waals surface area contributed by atoms with E-state index in [2.05, 4.69) is 5.32 Å². The van der Waals surface area contributed by atoms with Crippen molar-refractivity contribution in [3.8, 4) is 0 Å². The molecular weight excluding hydrogens is 373 g/mol. The highest BCUT2D eigenvalue weighted by Gasteiger charge is 2.29. The van der Waals surface area contributed by atoms with Crippen LogP contribution in [0.5, 0.6) is 0 Å². The molecule has 1 aromatic carbocycles. The predicted molar refractivity (Wildman–Crippen MR) is 95.0 cm³/mol. The molecule has 1 aromatic rings. The average Bonchev–Trinajstić information content (AvgIpc) is 2.56. The lowest BCUT2D eigenvalue weighted by Crippen LogP contribution is -2.51. The molecule has 0 aliphatic carbocycles. The van der Waals surface area contributed by atoms with Crippen LogP contribution >= 0.6 is 23.2 Å². The van der Waals surface area contributed by atoms with Crippen LogP contribution in [0.2, 0.25) is 10.0 Å². The summed E-state index contributed by atoms with van der Waals surface area (Å²) in [5.74, 6) is -0.0300. The first-order valence-electron chi connectivity index (χ1n) is 7.79. The second-order valence-corrected chi connectivity index (χ2v) is 8.36. The van der Waals surface area contributed by atoms with E-state index in [9.17, 15) is 13.2 Å². The van der Waals surface area contributed by atoms with Crippen molar-refractivity contribution in [1.29, 1.82) is 0 Å². The first-order chi connectivity index (χ1) is 11.3. The van der Waals surface area contributed by atoms with Gasteiger partial charge in [0.25, 0.3) is 0 Å². The number of nitrogens with zero attached hydrogens (tertiary/aromatic N) is 2. The number of piperazine rings is 1. The van der Waals surface area contributed by atoms with Crippen molar-refractivity contribution in [2.75, 3.05) is 39.3 Å². The molecule has 1 heterocycles. The largest absolute Gasteiger partial charge is 0.355 e. The molecule has 1 aliphatic rings. The van der Waals surface area contributed by atoms with E-state index in [1.807, 2.05) is 11.8 Å². The Labute approximate surface area is 152 Å². The van der Waals surface area contributed by atoms with E-state index in [0.717, 1.165) is 6.42 Å². The van der Waals surface area contributed by atoms with E-state index in [1.54, 1.807) is 0 Å². The number of hydrogen-bond acceptors (Lipinski definition) is 4. The number of benzene rings is 1. The van der Waals surface area contributed by atoms with E-state index >= 15 is 0 Å². The van der Waals surface area contributed by atoms with Gasteiger partial charge < -0.3 is 5.32 Å². The molecule has 1 fully saturated rings. The molecule has 1 aliphatic heterocycles. The summed E-state index contributed by atoms with van der Waals surface area (Å²) in [5.41, 5.74) is 0. The van der Waals surface area contributed by atoms with Gasteiger partial charge in [-0.25, -0.2) is 8.42 Å². The lowest BCUT2D eigenvalue weighted by atomic mass is 10.3. The summed E-state index contributed by atoms with van der Waals surface area (Å²) in [6.07, 6.45) is 0.890. The van der Waals surface area contributed by atoms with Crippen molar-refractivity contribution >= 4 is 39.1 Å². The highest BCUT2D eigenvalue weighted by Crippen LogP contribution is 2.26. The third-order valence-electron chi connectivity index (χ3n) is 3.80. The smallest absolute Gasteiger partial charge is 0.243 e. The minimum absolute atomic E-state index is 0.0300. The highest BCUT2D eigenvalue weighted by atomic mass is 35.5. The first kappa shape index (κ1) is 19.5. The van der Waals surface area contributed by atoms with E-state index < -0.39 is 10.0 Å². The van der Waals surface area contributed by atoms with Gasteiger partial charge in [-0.3, -0.25) is 9.69 Å². The summed E-state index contributed by atoms with van der Waals surface area (Å²) in [6.45, 7) is 4.64. The van der Waals surface area contributed by atoms with Gasteiger partial charge in [-0.15, -0.1) is 0 Å². The van der Waals surface area contributed by atoms with E-state index in [4.69, 9.17) is 23.2 Å². The molecule has 9 heteroatoms. The zero-order valence-electron chi connectivity index (χ0n) is 13.5. The van der Waals surface area contributed by atoms with Crippen molar-refractivity contribution < 1.29 is 13.2 Å². The summed E-state index contributed by atoms with van der Waals surface area (Å²) >= 11 is 11.7. The number of nitrogens with one attached hydrogen (secondary N) is 1. The molecule has 0 unspecified atom stereocenters. The Morgan fingerprint density at radius 1 is 1.17 bits per heavy atom. The number of sulfonamides is 1. The number of rotatable bonds is 6. The number of carbonyl (C=O) groups is 1. The Bertz CT molecular complexity index is 689. The third kappa shape index (κ3) is 4.83. The molecular formula is C15H21Cl2N3O3S. The van der Waals surface area contributed by atoms with Crippen LogP contribution < -0.4 is 5.32 Å². The molecule has 1 amide bonds. The van der Waals surface area contributed by atoms with Gasteiger partial charge in [0.2, 0.25) is 15.9 Å². The van der Waals surface area contributed by atoms with Crippen molar-refractivity contribution in [3.63, 3.8) is 0 Å². The van der Waals surface area contributed by atoms with Gasteiger partial charge in [-0.1, -0.05) is 30.1 Å². The van der Waals surface area contributed by atoms with Gasteiger partial charge in [0.05, 0.1) is 21.5 Å². The van der Waals surface area contributed by atoms with E-state index in [0.29, 0.717) is 44.3 Å². The van der Waals surface area contributed by atoms with Crippen molar-refractivity contribution in [1.82, 2.24) is 14.5 Å². The Balaban J connectivity index is 1.95. The maximum Gasteiger partial charge on any atom is 0.243 e. The topological polar surface area (TPSA) is 69.7 Å². The quantitative estimate of drug-likeness (QED) is 0.799. The molecule has 1 N–H and O–H groups in total. The van der Waals surface area contributed by atoms with Crippen molar-refractivity contribution in [2.24, 2.45) is 0 Å². The minimum Gasteiger partial charge on any atom is -0.355 e. The standard InChI is InChI=1S/C15H21Cl2N3O3S/c1-2-5-18-15(21)11-19-6-8-20(9-7-19)24(22,23)12-3-4-13(16)14(17)10-12/h3-4,10H,2,5-9,11H2,1H3,(H,18,21). The van der Waals surface area contributed by atoms with Crippen LogP contribution in [-0.2, 0) is 14.8 Å². The zero-order chi connectivity index (χ0) is 17.7. The summed E-state index contributed by atoms with van der Waals surface area (Å²) in [4.78, 5) is 13.8. The number of hydrogen-bond donors (Lipinski definition) is 1. The fourth-order valence-corrected chi connectivity index (χ4v) is 4.25. The van der Waals surface area contributed by atoms with Crippen LogP contribution in [0.25, 0.3) is 0 Å². The molecule has 0 saturated carbocycles. The number of amides is 1. The van der Waals surface area contributed by atoms with Gasteiger partial charge in [-0.05, 0) is 24.6 Å². The Hall–Kier alpha value is -0.860. The van der Waals surface area contributed by atoms with Gasteiger partial charge in [0, 0.05) is 32.7 Å². The summed E-state index contributed by atoms with van der Waals surface area (Å²) in [5, 5.41) is 3.35. The number of halogens is 2. The predicted octanol–water partition coefficient (Wildman–Crippen LogP) is 1.83. The lowest BCUT2D eigenvalue weighted by Gasteiger charge is -2.33. The van der Waals surface area contributed by atoms with Crippen LogP contribution in [0.15, 0.2) is 23.1 Å². The lowest BCUT2D eigenvalue weighted by molar-refractivity contribution is -0.122. The van der Waals surface area contributed by atoms with E-state index in [-0.39, 0.29) is 15.8 Å². The molecule has 0 spiro atoms. The summed E-state index contributed by atoms with van der Waals surface area (Å²) < 4.78 is 26.7. The molecule has 0 radical (unpaired) electrons. The highest BCUT2D eigenvalue weighted by molar-refractivity contribution is 7.89. The third-order valence-corrected chi connectivity index (χ3v) is 6.43. The Morgan fingerprint density at radius 2 is 1.83 bits per heavy atom. The summed E-state index contributed by atoms with van der Waals surface area (Å²) in [7, 11) is -3.60. The minimum atomic E-state index is -3.60. The van der Waals surface area contributed by atoms with Crippen molar-refractivity contribution in [3.05, 3.63) is 28.2 Å². The Kier molecular flexibility index (Phi) is 6.88. The van der Waals surface area contributed by atoms with Gasteiger partial charge in [-0.2, -0.15) is 4.31 Å². The second kappa shape index (κ2) is 8.49. The van der Waals surface area contributed by atoms with Crippen LogP contribution in [0, 0.1) is 0 Å². The molecule has 2 rings (SSSR count). The molecule has 24 heavy (non-hydrogen) atoms. The van der Waals surface area contributed by atoms with Gasteiger partial charge in [0.1, 0.15) is 0 Å². The molecule has 0 aromatic heterocycles. The van der Waals surface area contributed by atoms with Crippen LogP contribution in [0.3, 0.4) is 0 Å². The SMILES string of the molecule is CCCNC(=O)CN1CCN(S(=O)(=O)c2ccc(Cl)c(Cl)c2)CC1. The van der Waals surface area contributed by atoms with E-state index in [1.165, 1.54) is 22.5 Å². The Morgan fingerprint density at radius 3 is 2.42 bits per heavy atom. The summed E-state index contributed by atoms with van der Waals surface area (Å²) in [6, 6.07) is 4.29. The molecule has 0 atom stereocenters. The van der Waals surface area contributed by atoms with Gasteiger partial charge >= 0.3 is 0 Å². The molecule has 6 nitrogen and oxygen atoms in total. The maximum atomic E-state index is 12.6. The fraction of sp³-hybridized carbons (Fsp3) is 0.533. The molecule has 134 valence electrons. The number of carbonyl (C=O) groups excluding carboxylic acids is 1.